The van der Waals surface area contributed by atoms with Crippen molar-refractivity contribution in [2.75, 3.05) is 19.3 Å². The van der Waals surface area contributed by atoms with Crippen molar-refractivity contribution >= 4 is 26.8 Å². The Balaban J connectivity index is 1.73. The molecule has 150 valence electrons. The van der Waals surface area contributed by atoms with Crippen LogP contribution in [-0.4, -0.2) is 49.6 Å². The van der Waals surface area contributed by atoms with Gasteiger partial charge in [0.15, 0.2) is 0 Å². The second-order valence-corrected chi connectivity index (χ2v) is 10.0. The summed E-state index contributed by atoms with van der Waals surface area (Å²) in [7, 11) is -3.29. The summed E-state index contributed by atoms with van der Waals surface area (Å²) in [4.78, 5) is 20.3. The Kier molecular flexibility index (Phi) is 5.14. The third-order valence-corrected chi connectivity index (χ3v) is 6.57. The van der Waals surface area contributed by atoms with Crippen molar-refractivity contribution in [3.63, 3.8) is 0 Å². The molecule has 2 heterocycles. The molecular weight excluding hydrogens is 374 g/mol. The van der Waals surface area contributed by atoms with Crippen LogP contribution in [0.25, 0.3) is 10.9 Å². The molecule has 6 nitrogen and oxygen atoms in total. The number of hydrogen-bond acceptors (Lipinski definition) is 4. The first-order valence-corrected chi connectivity index (χ1v) is 11.9. The Hall–Kier alpha value is -1.99. The van der Waals surface area contributed by atoms with Crippen LogP contribution in [0.1, 0.15) is 47.8 Å². The van der Waals surface area contributed by atoms with Crippen LogP contribution in [-0.2, 0) is 22.9 Å². The minimum Gasteiger partial charge on any atom is -0.337 e. The van der Waals surface area contributed by atoms with Gasteiger partial charge in [-0.25, -0.2) is 13.1 Å². The van der Waals surface area contributed by atoms with Gasteiger partial charge in [-0.15, -0.1) is 0 Å². The third kappa shape index (κ3) is 3.91. The number of para-hydroxylation sites is 1. The summed E-state index contributed by atoms with van der Waals surface area (Å²) in [6.45, 7) is 3.29. The normalized spacial score (nSPS) is 22.9. The van der Waals surface area contributed by atoms with Gasteiger partial charge >= 0.3 is 0 Å². The van der Waals surface area contributed by atoms with Gasteiger partial charge in [-0.05, 0) is 49.7 Å². The number of benzene rings is 1. The molecule has 1 aromatic heterocycles. The number of hydrogen-bond donors (Lipinski definition) is 1. The van der Waals surface area contributed by atoms with Crippen molar-refractivity contribution in [1.29, 1.82) is 0 Å². The number of aromatic nitrogens is 1. The lowest BCUT2D eigenvalue weighted by molar-refractivity contribution is 0.0703. The summed E-state index contributed by atoms with van der Waals surface area (Å²) in [6, 6.07) is 7.62. The topological polar surface area (TPSA) is 79.4 Å². The molecule has 1 aliphatic carbocycles. The SMILES string of the molecule is CC1CCc2nc3ccccc3c(C(=O)N3CCCC(NS(C)(=O)=O)C3)c2C1. The molecule has 1 N–H and O–H groups in total. The number of nitrogens with zero attached hydrogens (tertiary/aromatic N) is 2. The van der Waals surface area contributed by atoms with Gasteiger partial charge in [-0.1, -0.05) is 25.1 Å². The van der Waals surface area contributed by atoms with Gasteiger partial charge < -0.3 is 4.90 Å². The first-order chi connectivity index (χ1) is 13.3. The standard InChI is InChI=1S/C21H27N3O3S/c1-14-9-10-19-17(12-14)20(16-7-3-4-8-18(16)22-19)21(25)24-11-5-6-15(13-24)23-28(2,26)27/h3-4,7-8,14-15,23H,5-6,9-13H2,1-2H3. The number of carbonyl (C=O) groups is 1. The first-order valence-electron chi connectivity index (χ1n) is 9.99. The van der Waals surface area contributed by atoms with Crippen molar-refractivity contribution in [3.05, 3.63) is 41.1 Å². The van der Waals surface area contributed by atoms with E-state index in [1.54, 1.807) is 0 Å². The summed E-state index contributed by atoms with van der Waals surface area (Å²) in [5.41, 5.74) is 3.76. The van der Waals surface area contributed by atoms with Gasteiger partial charge in [-0.3, -0.25) is 9.78 Å². The molecule has 2 aromatic rings. The predicted octanol–water partition coefficient (Wildman–Crippen LogP) is 2.51. The van der Waals surface area contributed by atoms with Crippen molar-refractivity contribution in [2.24, 2.45) is 5.92 Å². The smallest absolute Gasteiger partial charge is 0.254 e. The Labute approximate surface area is 166 Å². The molecule has 2 atom stereocenters. The molecular formula is C21H27N3O3S. The summed E-state index contributed by atoms with van der Waals surface area (Å²) < 4.78 is 25.9. The molecule has 7 heteroatoms. The zero-order valence-corrected chi connectivity index (χ0v) is 17.3. The molecule has 1 fully saturated rings. The quantitative estimate of drug-likeness (QED) is 0.857. The minimum atomic E-state index is -3.29. The van der Waals surface area contributed by atoms with Gasteiger partial charge in [0.25, 0.3) is 5.91 Å². The molecule has 1 aromatic carbocycles. The maximum Gasteiger partial charge on any atom is 0.254 e. The van der Waals surface area contributed by atoms with Crippen LogP contribution in [0.3, 0.4) is 0 Å². The van der Waals surface area contributed by atoms with E-state index in [-0.39, 0.29) is 11.9 Å². The molecule has 4 rings (SSSR count). The molecule has 28 heavy (non-hydrogen) atoms. The number of nitrogens with one attached hydrogen (secondary N) is 1. The lowest BCUT2D eigenvalue weighted by Crippen LogP contribution is -2.49. The number of carbonyl (C=O) groups excluding carboxylic acids is 1. The van der Waals surface area contributed by atoms with Gasteiger partial charge in [-0.2, -0.15) is 0 Å². The molecule has 2 unspecified atom stereocenters. The number of fused-ring (bicyclic) bond motifs is 2. The van der Waals surface area contributed by atoms with E-state index in [9.17, 15) is 13.2 Å². The van der Waals surface area contributed by atoms with Gasteiger partial charge in [0.1, 0.15) is 0 Å². The van der Waals surface area contributed by atoms with E-state index < -0.39 is 10.0 Å². The number of rotatable bonds is 3. The fourth-order valence-corrected chi connectivity index (χ4v) is 5.32. The number of amides is 1. The van der Waals surface area contributed by atoms with E-state index in [2.05, 4.69) is 11.6 Å². The highest BCUT2D eigenvalue weighted by molar-refractivity contribution is 7.88. The Morgan fingerprint density at radius 3 is 2.82 bits per heavy atom. The highest BCUT2D eigenvalue weighted by atomic mass is 32.2. The van der Waals surface area contributed by atoms with Gasteiger partial charge in [0, 0.05) is 30.2 Å². The number of sulfonamides is 1. The average Bonchev–Trinajstić information content (AvgIpc) is 2.64. The molecule has 1 saturated heterocycles. The lowest BCUT2D eigenvalue weighted by Gasteiger charge is -2.34. The summed E-state index contributed by atoms with van der Waals surface area (Å²) in [5, 5.41) is 0.901. The zero-order valence-electron chi connectivity index (χ0n) is 16.4. The number of pyridine rings is 1. The lowest BCUT2D eigenvalue weighted by atomic mass is 9.83. The Bertz CT molecular complexity index is 1020. The largest absolute Gasteiger partial charge is 0.337 e. The molecule has 0 saturated carbocycles. The summed E-state index contributed by atoms with van der Waals surface area (Å²) in [5.74, 6) is 0.534. The van der Waals surface area contributed by atoms with Gasteiger partial charge in [0.05, 0.1) is 17.3 Å². The van der Waals surface area contributed by atoms with Crippen LogP contribution in [0.2, 0.25) is 0 Å². The van der Waals surface area contributed by atoms with Crippen LogP contribution in [0.5, 0.6) is 0 Å². The van der Waals surface area contributed by atoms with E-state index in [0.29, 0.717) is 19.0 Å². The summed E-state index contributed by atoms with van der Waals surface area (Å²) in [6.07, 6.45) is 5.58. The second-order valence-electron chi connectivity index (χ2n) is 8.26. The molecule has 0 spiro atoms. The number of aryl methyl sites for hydroxylation is 1. The van der Waals surface area contributed by atoms with Crippen molar-refractivity contribution in [2.45, 2.75) is 45.1 Å². The van der Waals surface area contributed by atoms with Gasteiger partial charge in [0.2, 0.25) is 10.0 Å². The van der Waals surface area contributed by atoms with E-state index in [4.69, 9.17) is 4.98 Å². The minimum absolute atomic E-state index is 0.00366. The third-order valence-electron chi connectivity index (χ3n) is 5.81. The monoisotopic (exact) mass is 401 g/mol. The van der Waals surface area contributed by atoms with E-state index in [1.807, 2.05) is 29.2 Å². The van der Waals surface area contributed by atoms with Crippen molar-refractivity contribution in [3.8, 4) is 0 Å². The van der Waals surface area contributed by atoms with Crippen LogP contribution >= 0.6 is 0 Å². The molecule has 2 aliphatic rings. The van der Waals surface area contributed by atoms with E-state index in [1.165, 1.54) is 6.26 Å². The molecule has 0 radical (unpaired) electrons. The van der Waals surface area contributed by atoms with Crippen LogP contribution < -0.4 is 4.72 Å². The summed E-state index contributed by atoms with van der Waals surface area (Å²) >= 11 is 0. The Morgan fingerprint density at radius 1 is 1.25 bits per heavy atom. The Morgan fingerprint density at radius 2 is 2.04 bits per heavy atom. The zero-order chi connectivity index (χ0) is 19.9. The second kappa shape index (κ2) is 7.44. The average molecular weight is 402 g/mol. The fraction of sp³-hybridized carbons (Fsp3) is 0.524. The van der Waals surface area contributed by atoms with E-state index >= 15 is 0 Å². The van der Waals surface area contributed by atoms with Crippen LogP contribution in [0.4, 0.5) is 0 Å². The number of likely N-dealkylation sites (tertiary alicyclic amines) is 1. The van der Waals surface area contributed by atoms with Crippen molar-refractivity contribution < 1.29 is 13.2 Å². The first kappa shape index (κ1) is 19.3. The maximum absolute atomic E-state index is 13.6. The highest BCUT2D eigenvalue weighted by Crippen LogP contribution is 2.32. The molecule has 1 aliphatic heterocycles. The van der Waals surface area contributed by atoms with Crippen molar-refractivity contribution in [1.82, 2.24) is 14.6 Å². The number of piperidine rings is 1. The van der Waals surface area contributed by atoms with Crippen LogP contribution in [0, 0.1) is 5.92 Å². The van der Waals surface area contributed by atoms with Crippen LogP contribution in [0.15, 0.2) is 24.3 Å². The molecule has 0 bridgehead atoms. The fourth-order valence-electron chi connectivity index (χ4n) is 4.53. The predicted molar refractivity (Wildman–Crippen MR) is 110 cm³/mol. The highest BCUT2D eigenvalue weighted by Gasteiger charge is 2.31. The maximum atomic E-state index is 13.6. The molecule has 1 amide bonds. The van der Waals surface area contributed by atoms with E-state index in [0.717, 1.165) is 59.8 Å².